The van der Waals surface area contributed by atoms with Crippen LogP contribution in [0.4, 0.5) is 0 Å². The van der Waals surface area contributed by atoms with E-state index in [0.717, 1.165) is 50.5 Å². The minimum absolute atomic E-state index is 0.00410. The topological polar surface area (TPSA) is 63.6 Å². The van der Waals surface area contributed by atoms with E-state index in [1.807, 2.05) is 6.92 Å². The van der Waals surface area contributed by atoms with Gasteiger partial charge in [-0.15, -0.1) is 0 Å². The molecule has 0 unspecified atom stereocenters. The summed E-state index contributed by atoms with van der Waals surface area (Å²) < 4.78 is 5.41. The number of hydrogen-bond donors (Lipinski definition) is 1. The zero-order valence-corrected chi connectivity index (χ0v) is 16.6. The zero-order chi connectivity index (χ0) is 18.9. The molecule has 3 saturated carbocycles. The number of carbonyl (C=O) groups is 2. The summed E-state index contributed by atoms with van der Waals surface area (Å²) in [5.41, 5.74) is 0.496. The molecule has 0 amide bonds. The van der Waals surface area contributed by atoms with Crippen LogP contribution in [0, 0.1) is 28.6 Å². The summed E-state index contributed by atoms with van der Waals surface area (Å²) in [4.78, 5) is 24.0. The SMILES string of the molecule is CC(=O)OC1=C2CC[C@@H]3[C@H](CC[C@@]4(C)[C@H]3CC[C@]4(C)O)[C@@]2(C)CCC1=O. The van der Waals surface area contributed by atoms with E-state index in [4.69, 9.17) is 4.74 Å². The molecule has 26 heavy (non-hydrogen) atoms. The molecular weight excluding hydrogens is 328 g/mol. The van der Waals surface area contributed by atoms with Gasteiger partial charge in [-0.25, -0.2) is 0 Å². The molecule has 0 aromatic carbocycles. The van der Waals surface area contributed by atoms with Gasteiger partial charge >= 0.3 is 5.97 Å². The summed E-state index contributed by atoms with van der Waals surface area (Å²) in [6.07, 6.45) is 7.38. The molecule has 6 atom stereocenters. The van der Waals surface area contributed by atoms with Gasteiger partial charge in [0.15, 0.2) is 11.5 Å². The van der Waals surface area contributed by atoms with E-state index in [-0.39, 0.29) is 16.6 Å². The van der Waals surface area contributed by atoms with Crippen molar-refractivity contribution >= 4 is 11.8 Å². The number of aliphatic hydroxyl groups is 1. The van der Waals surface area contributed by atoms with Gasteiger partial charge in [-0.2, -0.15) is 0 Å². The molecule has 4 aliphatic rings. The predicted molar refractivity (Wildman–Crippen MR) is 98.0 cm³/mol. The van der Waals surface area contributed by atoms with Crippen LogP contribution in [0.3, 0.4) is 0 Å². The first kappa shape index (κ1) is 18.2. The molecule has 0 radical (unpaired) electrons. The normalized spacial score (nSPS) is 47.9. The van der Waals surface area contributed by atoms with Gasteiger partial charge in [0.1, 0.15) is 0 Å². The Morgan fingerprint density at radius 2 is 1.73 bits per heavy atom. The van der Waals surface area contributed by atoms with Crippen molar-refractivity contribution in [2.24, 2.45) is 28.6 Å². The van der Waals surface area contributed by atoms with Crippen molar-refractivity contribution in [3.05, 3.63) is 11.3 Å². The summed E-state index contributed by atoms with van der Waals surface area (Å²) in [6.45, 7) is 8.00. The number of rotatable bonds is 1. The fraction of sp³-hybridized carbons (Fsp3) is 0.818. The lowest BCUT2D eigenvalue weighted by Crippen LogP contribution is -2.54. The summed E-state index contributed by atoms with van der Waals surface area (Å²) in [7, 11) is 0. The molecule has 4 heteroatoms. The number of esters is 1. The Morgan fingerprint density at radius 1 is 1.04 bits per heavy atom. The van der Waals surface area contributed by atoms with Crippen molar-refractivity contribution in [3.63, 3.8) is 0 Å². The Hall–Kier alpha value is -1.16. The van der Waals surface area contributed by atoms with Crippen molar-refractivity contribution < 1.29 is 19.4 Å². The van der Waals surface area contributed by atoms with Crippen molar-refractivity contribution in [1.29, 1.82) is 0 Å². The summed E-state index contributed by atoms with van der Waals surface area (Å²) in [5.74, 6) is 1.65. The highest BCUT2D eigenvalue weighted by Gasteiger charge is 2.62. The molecule has 3 fully saturated rings. The largest absolute Gasteiger partial charge is 0.423 e. The number of fused-ring (bicyclic) bond motifs is 5. The smallest absolute Gasteiger partial charge is 0.308 e. The van der Waals surface area contributed by atoms with Crippen molar-refractivity contribution in [2.75, 3.05) is 0 Å². The number of hydrogen-bond acceptors (Lipinski definition) is 4. The van der Waals surface area contributed by atoms with Gasteiger partial charge in [0, 0.05) is 13.3 Å². The Kier molecular flexibility index (Phi) is 3.97. The van der Waals surface area contributed by atoms with Crippen LogP contribution in [0.15, 0.2) is 11.3 Å². The molecule has 4 nitrogen and oxygen atoms in total. The molecule has 0 aromatic rings. The fourth-order valence-corrected chi connectivity index (χ4v) is 7.17. The number of allylic oxidation sites excluding steroid dienone is 1. The van der Waals surface area contributed by atoms with E-state index in [0.29, 0.717) is 29.9 Å². The summed E-state index contributed by atoms with van der Waals surface area (Å²) in [6, 6.07) is 0. The molecule has 0 saturated heterocycles. The zero-order valence-electron chi connectivity index (χ0n) is 16.6. The third-order valence-corrected chi connectivity index (χ3v) is 8.88. The average Bonchev–Trinajstić information content (AvgIpc) is 2.80. The summed E-state index contributed by atoms with van der Waals surface area (Å²) >= 11 is 0. The van der Waals surface area contributed by atoms with E-state index in [9.17, 15) is 14.7 Å². The minimum atomic E-state index is -0.564. The van der Waals surface area contributed by atoms with E-state index in [1.165, 1.54) is 6.92 Å². The fourth-order valence-electron chi connectivity index (χ4n) is 7.17. The van der Waals surface area contributed by atoms with Crippen LogP contribution in [0.25, 0.3) is 0 Å². The van der Waals surface area contributed by atoms with E-state index in [1.54, 1.807) is 0 Å². The summed E-state index contributed by atoms with van der Waals surface area (Å²) in [5, 5.41) is 11.0. The van der Waals surface area contributed by atoms with E-state index in [2.05, 4.69) is 13.8 Å². The van der Waals surface area contributed by atoms with Gasteiger partial charge in [-0.1, -0.05) is 13.8 Å². The van der Waals surface area contributed by atoms with Crippen molar-refractivity contribution in [1.82, 2.24) is 0 Å². The molecule has 1 N–H and O–H groups in total. The Bertz CT molecular complexity index is 690. The second-order valence-electron chi connectivity index (χ2n) is 9.93. The maximum absolute atomic E-state index is 12.4. The van der Waals surface area contributed by atoms with Gasteiger partial charge in [0.2, 0.25) is 0 Å². The highest BCUT2D eigenvalue weighted by Crippen LogP contribution is 2.67. The molecule has 0 aromatic heterocycles. The molecular formula is C22H32O4. The highest BCUT2D eigenvalue weighted by atomic mass is 16.5. The van der Waals surface area contributed by atoms with Gasteiger partial charge in [0.05, 0.1) is 5.60 Å². The molecule has 0 bridgehead atoms. The van der Waals surface area contributed by atoms with Crippen LogP contribution < -0.4 is 0 Å². The first-order valence-electron chi connectivity index (χ1n) is 10.3. The van der Waals surface area contributed by atoms with Crippen LogP contribution in [-0.2, 0) is 14.3 Å². The van der Waals surface area contributed by atoms with Crippen LogP contribution in [0.1, 0.15) is 79.1 Å². The number of carbonyl (C=O) groups excluding carboxylic acids is 2. The van der Waals surface area contributed by atoms with Gasteiger partial charge in [-0.3, -0.25) is 9.59 Å². The number of ketones is 1. The number of ether oxygens (including phenoxy) is 1. The quantitative estimate of drug-likeness (QED) is 0.713. The lowest BCUT2D eigenvalue weighted by Gasteiger charge is -2.59. The van der Waals surface area contributed by atoms with Gasteiger partial charge < -0.3 is 9.84 Å². The van der Waals surface area contributed by atoms with Crippen molar-refractivity contribution in [2.45, 2.75) is 84.7 Å². The Balaban J connectivity index is 1.72. The van der Waals surface area contributed by atoms with Crippen molar-refractivity contribution in [3.8, 4) is 0 Å². The molecule has 144 valence electrons. The Labute approximate surface area is 156 Å². The van der Waals surface area contributed by atoms with E-state index < -0.39 is 11.6 Å². The second-order valence-corrected chi connectivity index (χ2v) is 9.93. The molecule has 4 rings (SSSR count). The van der Waals surface area contributed by atoms with Gasteiger partial charge in [0.25, 0.3) is 0 Å². The molecule has 0 aliphatic heterocycles. The number of Topliss-reactive ketones (excluding diaryl/α,β-unsaturated/α-hetero) is 1. The second kappa shape index (κ2) is 5.67. The van der Waals surface area contributed by atoms with E-state index >= 15 is 0 Å². The first-order chi connectivity index (χ1) is 12.1. The lowest BCUT2D eigenvalue weighted by molar-refractivity contribution is -0.143. The van der Waals surface area contributed by atoms with Crippen LogP contribution in [0.5, 0.6) is 0 Å². The van der Waals surface area contributed by atoms with Crippen LogP contribution >= 0.6 is 0 Å². The third-order valence-electron chi connectivity index (χ3n) is 8.88. The first-order valence-corrected chi connectivity index (χ1v) is 10.3. The average molecular weight is 360 g/mol. The highest BCUT2D eigenvalue weighted by molar-refractivity contribution is 5.97. The predicted octanol–water partition coefficient (Wildman–Crippen LogP) is 4.16. The minimum Gasteiger partial charge on any atom is -0.423 e. The Morgan fingerprint density at radius 3 is 2.42 bits per heavy atom. The third kappa shape index (κ3) is 2.30. The standard InChI is InChI=1S/C22H32O4/c1-13(23)26-19-17-6-5-14-15(20(17,2)10-9-18(19)24)7-11-21(3)16(14)8-12-22(21,4)25/h14-16,25H,5-12H2,1-4H3/t14-,15+,16+,20-,21+,22+/m1/s1. The molecule has 4 aliphatic carbocycles. The maximum Gasteiger partial charge on any atom is 0.308 e. The molecule has 0 spiro atoms. The lowest BCUT2D eigenvalue weighted by atomic mass is 9.46. The maximum atomic E-state index is 12.4. The van der Waals surface area contributed by atoms with Crippen LogP contribution in [0.2, 0.25) is 0 Å². The van der Waals surface area contributed by atoms with Gasteiger partial charge in [-0.05, 0) is 86.0 Å². The van der Waals surface area contributed by atoms with Crippen LogP contribution in [-0.4, -0.2) is 22.5 Å². The molecule has 0 heterocycles. The monoisotopic (exact) mass is 360 g/mol.